The number of hydrogen-bond acceptors (Lipinski definition) is 4. The van der Waals surface area contributed by atoms with Gasteiger partial charge in [0.25, 0.3) is 0 Å². The van der Waals surface area contributed by atoms with E-state index in [1.165, 1.54) is 30.3 Å². The van der Waals surface area contributed by atoms with E-state index in [0.29, 0.717) is 27.9 Å². The molecule has 1 heterocycles. The van der Waals surface area contributed by atoms with E-state index in [1.54, 1.807) is 12.1 Å². The van der Waals surface area contributed by atoms with Gasteiger partial charge in [-0.3, -0.25) is 4.79 Å². The number of carboxylic acid groups (broad SMARTS) is 1. The second kappa shape index (κ2) is 4.79. The number of phenolic OH excluding ortho intramolecular Hbond substituents is 1. The highest BCUT2D eigenvalue weighted by molar-refractivity contribution is 5.97. The minimum Gasteiger partial charge on any atom is -0.508 e. The first-order chi connectivity index (χ1) is 10.0. The number of benzene rings is 2. The molecule has 5 heteroatoms. The van der Waals surface area contributed by atoms with Crippen molar-refractivity contribution in [2.45, 2.75) is 0 Å². The van der Waals surface area contributed by atoms with E-state index < -0.39 is 5.97 Å². The Bertz CT molecular complexity index is 904. The zero-order valence-electron chi connectivity index (χ0n) is 10.7. The van der Waals surface area contributed by atoms with E-state index in [4.69, 9.17) is 9.52 Å². The summed E-state index contributed by atoms with van der Waals surface area (Å²) in [4.78, 5) is 22.2. The average Bonchev–Trinajstić information content (AvgIpc) is 2.42. The van der Waals surface area contributed by atoms with Crippen molar-refractivity contribution in [2.24, 2.45) is 0 Å². The van der Waals surface area contributed by atoms with Gasteiger partial charge in [0.15, 0.2) is 5.43 Å². The van der Waals surface area contributed by atoms with Crippen LogP contribution in [0.1, 0.15) is 5.56 Å². The Kier molecular flexibility index (Phi) is 2.95. The molecule has 1 aliphatic carbocycles. The molecule has 0 saturated heterocycles. The van der Waals surface area contributed by atoms with Gasteiger partial charge in [-0.05, 0) is 35.9 Å². The lowest BCUT2D eigenvalue weighted by molar-refractivity contribution is -0.131. The van der Waals surface area contributed by atoms with E-state index >= 15 is 0 Å². The predicted octanol–water partition coefficient (Wildman–Crippen LogP) is 2.70. The summed E-state index contributed by atoms with van der Waals surface area (Å²) in [5.41, 5.74) is 1.41. The normalized spacial score (nSPS) is 11.4. The van der Waals surface area contributed by atoms with Crippen LogP contribution in [0.5, 0.6) is 5.75 Å². The average molecular weight is 282 g/mol. The van der Waals surface area contributed by atoms with Crippen LogP contribution in [-0.2, 0) is 4.79 Å². The molecule has 2 aliphatic rings. The number of hydrogen-bond donors (Lipinski definition) is 2. The van der Waals surface area contributed by atoms with Crippen LogP contribution in [0, 0.1) is 0 Å². The fourth-order valence-corrected chi connectivity index (χ4v) is 2.23. The number of carboxylic acids is 1. The molecule has 2 N–H and O–H groups in total. The molecular formula is C16H10O5. The van der Waals surface area contributed by atoms with Crippen molar-refractivity contribution in [1.82, 2.24) is 0 Å². The predicted molar refractivity (Wildman–Crippen MR) is 77.4 cm³/mol. The van der Waals surface area contributed by atoms with Crippen LogP contribution >= 0.6 is 0 Å². The van der Waals surface area contributed by atoms with Gasteiger partial charge in [0.05, 0.1) is 0 Å². The van der Waals surface area contributed by atoms with E-state index in [2.05, 4.69) is 0 Å². The quantitative estimate of drug-likeness (QED) is 0.557. The van der Waals surface area contributed by atoms with Gasteiger partial charge >= 0.3 is 5.97 Å². The molecule has 0 aromatic heterocycles. The number of carbonyl (C=O) groups is 1. The van der Waals surface area contributed by atoms with Crippen LogP contribution in [-0.4, -0.2) is 16.2 Å². The lowest BCUT2D eigenvalue weighted by Gasteiger charge is -2.11. The lowest BCUT2D eigenvalue weighted by atomic mass is 9.99. The van der Waals surface area contributed by atoms with Crippen LogP contribution in [0.15, 0.2) is 51.7 Å². The maximum atomic E-state index is 11.4. The topological polar surface area (TPSA) is 87.7 Å². The SMILES string of the molecule is O=C(O)C=Cc1c2ccc(=O)cc-2oc2cc(O)ccc12. The smallest absolute Gasteiger partial charge is 0.328 e. The minimum absolute atomic E-state index is 0.0250. The van der Waals surface area contributed by atoms with Crippen molar-refractivity contribution in [1.29, 1.82) is 0 Å². The Morgan fingerprint density at radius 3 is 2.71 bits per heavy atom. The minimum atomic E-state index is -1.07. The third kappa shape index (κ3) is 2.36. The standard InChI is InChI=1S/C16H10O5/c17-9-1-3-12-11(5-6-16(19)20)13-4-2-10(18)8-15(13)21-14(12)7-9/h1-8,17H,(H,19,20). The Balaban J connectivity index is 2.43. The second-order valence-electron chi connectivity index (χ2n) is 4.53. The molecule has 5 nitrogen and oxygen atoms in total. The van der Waals surface area contributed by atoms with Crippen molar-refractivity contribution < 1.29 is 19.4 Å². The number of rotatable bonds is 2. The van der Waals surface area contributed by atoms with Gasteiger partial charge in [-0.1, -0.05) is 0 Å². The molecule has 0 atom stereocenters. The lowest BCUT2D eigenvalue weighted by Crippen LogP contribution is -1.99. The third-order valence-corrected chi connectivity index (χ3v) is 3.11. The molecule has 104 valence electrons. The van der Waals surface area contributed by atoms with Gasteiger partial charge in [0, 0.05) is 29.2 Å². The maximum absolute atomic E-state index is 11.4. The van der Waals surface area contributed by atoms with Gasteiger partial charge < -0.3 is 14.6 Å². The summed E-state index contributed by atoms with van der Waals surface area (Å²) >= 11 is 0. The Labute approximate surface area is 118 Å². The van der Waals surface area contributed by atoms with Crippen molar-refractivity contribution in [3.8, 4) is 17.1 Å². The first kappa shape index (κ1) is 12.9. The molecule has 3 rings (SSSR count). The summed E-state index contributed by atoms with van der Waals surface area (Å²) in [5.74, 6) is -0.709. The Hall–Kier alpha value is -3.08. The highest BCUT2D eigenvalue weighted by Gasteiger charge is 2.14. The molecule has 0 fully saturated rings. The molecule has 0 radical (unpaired) electrons. The number of aliphatic carboxylic acids is 1. The summed E-state index contributed by atoms with van der Waals surface area (Å²) in [6.07, 6.45) is 2.47. The molecule has 1 aliphatic heterocycles. The van der Waals surface area contributed by atoms with Gasteiger partial charge in [0.1, 0.15) is 17.1 Å². The number of fused-ring (bicyclic) bond motifs is 2. The summed E-state index contributed by atoms with van der Waals surface area (Å²) in [5, 5.41) is 19.0. The summed E-state index contributed by atoms with van der Waals surface area (Å²) in [6, 6.07) is 8.86. The maximum Gasteiger partial charge on any atom is 0.328 e. The number of aromatic hydroxyl groups is 1. The molecule has 0 unspecified atom stereocenters. The number of phenols is 1. The monoisotopic (exact) mass is 282 g/mol. The molecular weight excluding hydrogens is 272 g/mol. The van der Waals surface area contributed by atoms with Gasteiger partial charge in [-0.25, -0.2) is 4.79 Å². The fourth-order valence-electron chi connectivity index (χ4n) is 2.23. The van der Waals surface area contributed by atoms with Gasteiger partial charge in [-0.15, -0.1) is 0 Å². The highest BCUT2D eigenvalue weighted by Crippen LogP contribution is 2.34. The van der Waals surface area contributed by atoms with E-state index in [-0.39, 0.29) is 11.2 Å². The molecule has 0 saturated carbocycles. The zero-order valence-corrected chi connectivity index (χ0v) is 10.7. The van der Waals surface area contributed by atoms with Crippen LogP contribution in [0.4, 0.5) is 0 Å². The molecule has 0 bridgehead atoms. The summed E-state index contributed by atoms with van der Waals surface area (Å²) in [6.45, 7) is 0. The fraction of sp³-hybridized carbons (Fsp3) is 0. The molecule has 1 aromatic rings. The second-order valence-corrected chi connectivity index (χ2v) is 4.53. The van der Waals surface area contributed by atoms with Crippen LogP contribution < -0.4 is 5.43 Å². The summed E-state index contributed by atoms with van der Waals surface area (Å²) in [7, 11) is 0. The van der Waals surface area contributed by atoms with E-state index in [1.807, 2.05) is 0 Å². The molecule has 21 heavy (non-hydrogen) atoms. The van der Waals surface area contributed by atoms with Crippen LogP contribution in [0.2, 0.25) is 0 Å². The van der Waals surface area contributed by atoms with Crippen LogP contribution in [0.3, 0.4) is 0 Å². The first-order valence-corrected chi connectivity index (χ1v) is 6.15. The third-order valence-electron chi connectivity index (χ3n) is 3.11. The largest absolute Gasteiger partial charge is 0.508 e. The first-order valence-electron chi connectivity index (χ1n) is 6.15. The van der Waals surface area contributed by atoms with Gasteiger partial charge in [0.2, 0.25) is 0 Å². The van der Waals surface area contributed by atoms with E-state index in [0.717, 1.165) is 6.08 Å². The van der Waals surface area contributed by atoms with Crippen molar-refractivity contribution >= 4 is 23.0 Å². The van der Waals surface area contributed by atoms with Crippen molar-refractivity contribution in [3.05, 3.63) is 58.3 Å². The van der Waals surface area contributed by atoms with E-state index in [9.17, 15) is 14.7 Å². The zero-order chi connectivity index (χ0) is 15.0. The molecule has 1 aromatic carbocycles. The molecule has 0 spiro atoms. The Morgan fingerprint density at radius 1 is 1.14 bits per heavy atom. The van der Waals surface area contributed by atoms with Gasteiger partial charge in [-0.2, -0.15) is 0 Å². The highest BCUT2D eigenvalue weighted by atomic mass is 16.4. The summed E-state index contributed by atoms with van der Waals surface area (Å²) < 4.78 is 5.61. The van der Waals surface area contributed by atoms with Crippen LogP contribution in [0.25, 0.3) is 28.4 Å². The van der Waals surface area contributed by atoms with Crippen molar-refractivity contribution in [3.63, 3.8) is 0 Å². The molecule has 0 amide bonds. The van der Waals surface area contributed by atoms with Crippen molar-refractivity contribution in [2.75, 3.05) is 0 Å². The Morgan fingerprint density at radius 2 is 1.95 bits per heavy atom.